The maximum atomic E-state index is 12.8. The van der Waals surface area contributed by atoms with Gasteiger partial charge in [-0.25, -0.2) is 4.98 Å². The van der Waals surface area contributed by atoms with Gasteiger partial charge in [0.2, 0.25) is 5.91 Å². The van der Waals surface area contributed by atoms with E-state index in [9.17, 15) is 4.79 Å². The Bertz CT molecular complexity index is 467. The molecule has 5 heteroatoms. The van der Waals surface area contributed by atoms with E-state index in [0.717, 1.165) is 42.8 Å². The van der Waals surface area contributed by atoms with Crippen LogP contribution >= 0.6 is 11.3 Å². The van der Waals surface area contributed by atoms with Crippen molar-refractivity contribution in [3.05, 3.63) is 16.1 Å². The van der Waals surface area contributed by atoms with Crippen LogP contribution in [0.1, 0.15) is 62.7 Å². The maximum Gasteiger partial charge on any atom is 0.226 e. The molecule has 1 saturated carbocycles. The monoisotopic (exact) mass is 310 g/mol. The minimum absolute atomic E-state index is 0.0132. The van der Waals surface area contributed by atoms with Crippen LogP contribution in [0.25, 0.3) is 0 Å². The molecule has 21 heavy (non-hydrogen) atoms. The summed E-state index contributed by atoms with van der Waals surface area (Å²) < 4.78 is 5.47. The molecule has 0 spiro atoms. The number of hydrogen-bond acceptors (Lipinski definition) is 4. The molecule has 0 radical (unpaired) electrons. The molecule has 1 aromatic rings. The second-order valence-electron chi connectivity index (χ2n) is 5.96. The van der Waals surface area contributed by atoms with E-state index >= 15 is 0 Å². The van der Waals surface area contributed by atoms with Gasteiger partial charge >= 0.3 is 0 Å². The lowest BCUT2D eigenvalue weighted by Gasteiger charge is -2.29. The minimum Gasteiger partial charge on any atom is -0.382 e. The van der Waals surface area contributed by atoms with Gasteiger partial charge in [-0.1, -0.05) is 12.8 Å². The quantitative estimate of drug-likeness (QED) is 0.783. The lowest BCUT2D eigenvalue weighted by Crippen LogP contribution is -2.41. The zero-order chi connectivity index (χ0) is 15.3. The Morgan fingerprint density at radius 2 is 2.24 bits per heavy atom. The van der Waals surface area contributed by atoms with Crippen LogP contribution < -0.4 is 5.32 Å². The molecular weight excluding hydrogens is 284 g/mol. The molecule has 1 atom stereocenters. The van der Waals surface area contributed by atoms with Crippen molar-refractivity contribution in [2.24, 2.45) is 5.41 Å². The van der Waals surface area contributed by atoms with Gasteiger partial charge in [0, 0.05) is 24.3 Å². The molecule has 1 heterocycles. The summed E-state index contributed by atoms with van der Waals surface area (Å²) >= 11 is 1.61. The van der Waals surface area contributed by atoms with Gasteiger partial charge in [0.05, 0.1) is 11.5 Å². The number of hydrogen-bond donors (Lipinski definition) is 1. The minimum atomic E-state index is -0.226. The maximum absolute atomic E-state index is 12.8. The zero-order valence-corrected chi connectivity index (χ0v) is 14.1. The van der Waals surface area contributed by atoms with Crippen molar-refractivity contribution < 1.29 is 9.53 Å². The summed E-state index contributed by atoms with van der Waals surface area (Å²) in [5.74, 6) is 0.181. The van der Waals surface area contributed by atoms with Crippen molar-refractivity contribution in [1.82, 2.24) is 10.3 Å². The number of aryl methyl sites for hydroxylation is 1. The fourth-order valence-electron chi connectivity index (χ4n) is 3.04. The first kappa shape index (κ1) is 16.4. The number of nitrogens with zero attached hydrogens (tertiary/aromatic N) is 1. The molecule has 118 valence electrons. The van der Waals surface area contributed by atoms with E-state index in [1.54, 1.807) is 11.3 Å². The first-order valence-corrected chi connectivity index (χ1v) is 8.76. The van der Waals surface area contributed by atoms with Gasteiger partial charge in [-0.15, -0.1) is 11.3 Å². The Morgan fingerprint density at radius 1 is 1.52 bits per heavy atom. The van der Waals surface area contributed by atoms with Gasteiger partial charge in [-0.05, 0) is 40.0 Å². The Hall–Kier alpha value is -0.940. The summed E-state index contributed by atoms with van der Waals surface area (Å²) in [6.07, 6.45) is 5.08. The second kappa shape index (κ2) is 7.36. The number of amides is 1. The first-order chi connectivity index (χ1) is 10.1. The van der Waals surface area contributed by atoms with E-state index in [2.05, 4.69) is 10.3 Å². The molecule has 2 rings (SSSR count). The topological polar surface area (TPSA) is 51.2 Å². The number of rotatable bonds is 7. The van der Waals surface area contributed by atoms with E-state index in [-0.39, 0.29) is 17.4 Å². The molecular formula is C16H26N2O2S. The molecule has 1 N–H and O–H groups in total. The number of nitrogens with one attached hydrogen (secondary N) is 1. The molecule has 1 aromatic heterocycles. The van der Waals surface area contributed by atoms with Crippen LogP contribution in [0.15, 0.2) is 5.38 Å². The molecule has 1 aliphatic rings. The van der Waals surface area contributed by atoms with Crippen molar-refractivity contribution in [3.8, 4) is 0 Å². The Morgan fingerprint density at radius 3 is 2.81 bits per heavy atom. The standard InChI is InChI=1S/C16H26N2O2S/c1-4-20-10-9-16(7-5-6-8-16)15(19)18-13(3)14-17-12(2)11-21-14/h11,13H,4-10H2,1-3H3,(H,18,19). The predicted molar refractivity (Wildman–Crippen MR) is 85.4 cm³/mol. The second-order valence-corrected chi connectivity index (χ2v) is 6.85. The van der Waals surface area contributed by atoms with E-state index in [0.29, 0.717) is 13.2 Å². The highest BCUT2D eigenvalue weighted by molar-refractivity contribution is 7.09. The van der Waals surface area contributed by atoms with Crippen LogP contribution in [0.5, 0.6) is 0 Å². The van der Waals surface area contributed by atoms with Crippen LogP contribution in [0.3, 0.4) is 0 Å². The summed E-state index contributed by atoms with van der Waals surface area (Å²) in [6, 6.07) is -0.0132. The highest BCUT2D eigenvalue weighted by Gasteiger charge is 2.41. The summed E-state index contributed by atoms with van der Waals surface area (Å²) in [5, 5.41) is 6.18. The average molecular weight is 310 g/mol. The Balaban J connectivity index is 1.98. The fourth-order valence-corrected chi connectivity index (χ4v) is 3.84. The van der Waals surface area contributed by atoms with E-state index < -0.39 is 0 Å². The van der Waals surface area contributed by atoms with Crippen LogP contribution in [0.4, 0.5) is 0 Å². The van der Waals surface area contributed by atoms with Gasteiger partial charge < -0.3 is 10.1 Å². The van der Waals surface area contributed by atoms with Gasteiger partial charge in [-0.3, -0.25) is 4.79 Å². The zero-order valence-electron chi connectivity index (χ0n) is 13.3. The lowest BCUT2D eigenvalue weighted by atomic mass is 9.81. The third kappa shape index (κ3) is 4.04. The van der Waals surface area contributed by atoms with Crippen molar-refractivity contribution >= 4 is 17.2 Å². The van der Waals surface area contributed by atoms with Crippen LogP contribution in [0, 0.1) is 12.3 Å². The Labute approximate surface area is 131 Å². The normalized spacial score (nSPS) is 18.6. The van der Waals surface area contributed by atoms with E-state index in [1.807, 2.05) is 26.2 Å². The number of carbonyl (C=O) groups is 1. The van der Waals surface area contributed by atoms with Gasteiger partial charge in [0.1, 0.15) is 5.01 Å². The van der Waals surface area contributed by atoms with Crippen LogP contribution in [-0.2, 0) is 9.53 Å². The van der Waals surface area contributed by atoms with Crippen LogP contribution in [-0.4, -0.2) is 24.1 Å². The summed E-state index contributed by atoms with van der Waals surface area (Å²) in [7, 11) is 0. The third-order valence-electron chi connectivity index (χ3n) is 4.33. The van der Waals surface area contributed by atoms with Crippen molar-refractivity contribution in [3.63, 3.8) is 0 Å². The lowest BCUT2D eigenvalue weighted by molar-refractivity contribution is -0.132. The predicted octanol–water partition coefficient (Wildman–Crippen LogP) is 3.62. The molecule has 1 fully saturated rings. The van der Waals surface area contributed by atoms with E-state index in [4.69, 9.17) is 4.74 Å². The van der Waals surface area contributed by atoms with Crippen LogP contribution in [0.2, 0.25) is 0 Å². The number of carbonyl (C=O) groups excluding carboxylic acids is 1. The molecule has 1 aliphatic carbocycles. The molecule has 0 aromatic carbocycles. The summed E-state index contributed by atoms with van der Waals surface area (Å²) in [4.78, 5) is 17.2. The SMILES string of the molecule is CCOCCC1(C(=O)NC(C)c2nc(C)cs2)CCCC1. The fraction of sp³-hybridized carbons (Fsp3) is 0.750. The highest BCUT2D eigenvalue weighted by Crippen LogP contribution is 2.41. The molecule has 1 amide bonds. The van der Waals surface area contributed by atoms with Crippen molar-refractivity contribution in [2.45, 2.75) is 58.9 Å². The molecule has 1 unspecified atom stereocenters. The third-order valence-corrected chi connectivity index (χ3v) is 5.47. The van der Waals surface area contributed by atoms with Crippen molar-refractivity contribution in [2.75, 3.05) is 13.2 Å². The number of thiazole rings is 1. The number of ether oxygens (including phenoxy) is 1. The van der Waals surface area contributed by atoms with E-state index in [1.165, 1.54) is 0 Å². The van der Waals surface area contributed by atoms with Crippen molar-refractivity contribution in [1.29, 1.82) is 0 Å². The average Bonchev–Trinajstić information content (AvgIpc) is 3.09. The Kier molecular flexibility index (Phi) is 5.76. The van der Waals surface area contributed by atoms with Gasteiger partial charge in [-0.2, -0.15) is 0 Å². The first-order valence-electron chi connectivity index (χ1n) is 7.88. The van der Waals surface area contributed by atoms with Gasteiger partial charge in [0.15, 0.2) is 0 Å². The molecule has 4 nitrogen and oxygen atoms in total. The largest absolute Gasteiger partial charge is 0.382 e. The summed E-state index contributed by atoms with van der Waals surface area (Å²) in [5.41, 5.74) is 0.790. The molecule has 0 bridgehead atoms. The number of aromatic nitrogens is 1. The summed E-state index contributed by atoms with van der Waals surface area (Å²) in [6.45, 7) is 7.38. The van der Waals surface area contributed by atoms with Gasteiger partial charge in [0.25, 0.3) is 0 Å². The highest BCUT2D eigenvalue weighted by atomic mass is 32.1. The smallest absolute Gasteiger partial charge is 0.226 e. The molecule has 0 saturated heterocycles. The molecule has 0 aliphatic heterocycles.